The van der Waals surface area contributed by atoms with Crippen molar-refractivity contribution in [3.05, 3.63) is 63.9 Å². The number of ether oxygens (including phenoxy) is 3. The van der Waals surface area contributed by atoms with Crippen LogP contribution in [0, 0.1) is 0 Å². The SMILES string of the molecule is COc1ccc([C@@H](c2c(NC(=O)c3ccco3)sc3c2CCCC3)N2CCOCC2)cc1OC. The second-order valence-electron chi connectivity index (χ2n) is 8.55. The number of carbonyl (C=O) groups excluding carboxylic acids is 1. The number of methoxy groups -OCH3 is 2. The predicted molar refractivity (Wildman–Crippen MR) is 131 cm³/mol. The van der Waals surface area contributed by atoms with Gasteiger partial charge in [-0.2, -0.15) is 0 Å². The van der Waals surface area contributed by atoms with Crippen LogP contribution in [0.4, 0.5) is 5.00 Å². The summed E-state index contributed by atoms with van der Waals surface area (Å²) in [6.45, 7) is 3.00. The topological polar surface area (TPSA) is 73.2 Å². The van der Waals surface area contributed by atoms with E-state index in [2.05, 4.69) is 22.3 Å². The Bertz CT molecular complexity index is 1130. The van der Waals surface area contributed by atoms with Gasteiger partial charge in [0.05, 0.1) is 39.7 Å². The van der Waals surface area contributed by atoms with Gasteiger partial charge in [0.2, 0.25) is 0 Å². The van der Waals surface area contributed by atoms with Gasteiger partial charge in [0.15, 0.2) is 17.3 Å². The van der Waals surface area contributed by atoms with Crippen LogP contribution in [0.15, 0.2) is 41.0 Å². The lowest BCUT2D eigenvalue weighted by molar-refractivity contribution is 0.0239. The van der Waals surface area contributed by atoms with Gasteiger partial charge in [-0.25, -0.2) is 0 Å². The number of carbonyl (C=O) groups is 1. The molecule has 5 rings (SSSR count). The number of hydrogen-bond donors (Lipinski definition) is 1. The van der Waals surface area contributed by atoms with Crippen LogP contribution in [0.1, 0.15) is 51.0 Å². The van der Waals surface area contributed by atoms with Crippen molar-refractivity contribution in [1.29, 1.82) is 0 Å². The molecule has 0 spiro atoms. The lowest BCUT2D eigenvalue weighted by Gasteiger charge is -2.36. The van der Waals surface area contributed by atoms with Gasteiger partial charge in [0.1, 0.15) is 5.00 Å². The molecule has 2 aromatic heterocycles. The van der Waals surface area contributed by atoms with E-state index in [9.17, 15) is 4.79 Å². The van der Waals surface area contributed by atoms with Gasteiger partial charge in [0, 0.05) is 23.5 Å². The van der Waals surface area contributed by atoms with Crippen LogP contribution in [0.3, 0.4) is 0 Å². The van der Waals surface area contributed by atoms with Crippen molar-refractivity contribution in [3.8, 4) is 11.5 Å². The van der Waals surface area contributed by atoms with E-state index in [1.54, 1.807) is 37.7 Å². The number of thiophene rings is 1. The van der Waals surface area contributed by atoms with Gasteiger partial charge in [-0.05, 0) is 61.1 Å². The van der Waals surface area contributed by atoms with Crippen LogP contribution in [0.2, 0.25) is 0 Å². The molecule has 34 heavy (non-hydrogen) atoms. The first-order valence-electron chi connectivity index (χ1n) is 11.7. The van der Waals surface area contributed by atoms with Gasteiger partial charge in [-0.15, -0.1) is 11.3 Å². The molecule has 8 heteroatoms. The van der Waals surface area contributed by atoms with Crippen LogP contribution < -0.4 is 14.8 Å². The first-order valence-corrected chi connectivity index (χ1v) is 12.5. The Kier molecular flexibility index (Phi) is 6.89. The summed E-state index contributed by atoms with van der Waals surface area (Å²) in [5.41, 5.74) is 3.67. The number of furan rings is 1. The van der Waals surface area contributed by atoms with E-state index < -0.39 is 0 Å². The fraction of sp³-hybridized carbons (Fsp3) is 0.423. The molecule has 1 atom stereocenters. The first-order chi connectivity index (χ1) is 16.7. The Hall–Kier alpha value is -2.81. The smallest absolute Gasteiger partial charge is 0.291 e. The van der Waals surface area contributed by atoms with Gasteiger partial charge in [-0.1, -0.05) is 6.07 Å². The summed E-state index contributed by atoms with van der Waals surface area (Å²) in [6.07, 6.45) is 5.92. The molecule has 0 saturated carbocycles. The molecular weight excluding hydrogens is 452 g/mol. The molecule has 0 bridgehead atoms. The molecule has 0 unspecified atom stereocenters. The van der Waals surface area contributed by atoms with Crippen molar-refractivity contribution in [2.45, 2.75) is 31.7 Å². The van der Waals surface area contributed by atoms with E-state index in [4.69, 9.17) is 18.6 Å². The summed E-state index contributed by atoms with van der Waals surface area (Å²) < 4.78 is 22.2. The Morgan fingerprint density at radius 1 is 1.09 bits per heavy atom. The summed E-state index contributed by atoms with van der Waals surface area (Å²) >= 11 is 1.70. The highest BCUT2D eigenvalue weighted by atomic mass is 32.1. The second-order valence-corrected chi connectivity index (χ2v) is 9.66. The zero-order valence-electron chi connectivity index (χ0n) is 19.6. The van der Waals surface area contributed by atoms with E-state index in [1.807, 2.05) is 6.07 Å². The normalized spacial score (nSPS) is 17.1. The fourth-order valence-electron chi connectivity index (χ4n) is 4.96. The monoisotopic (exact) mass is 482 g/mol. The highest BCUT2D eigenvalue weighted by molar-refractivity contribution is 7.16. The number of fused-ring (bicyclic) bond motifs is 1. The third kappa shape index (κ3) is 4.45. The number of amides is 1. The largest absolute Gasteiger partial charge is 0.493 e. The number of benzene rings is 1. The van der Waals surface area contributed by atoms with Gasteiger partial charge in [-0.3, -0.25) is 9.69 Å². The highest BCUT2D eigenvalue weighted by Crippen LogP contribution is 2.46. The number of aryl methyl sites for hydroxylation is 1. The zero-order chi connectivity index (χ0) is 23.5. The number of nitrogens with zero attached hydrogens (tertiary/aromatic N) is 1. The summed E-state index contributed by atoms with van der Waals surface area (Å²) in [6, 6.07) is 9.51. The van der Waals surface area contributed by atoms with Gasteiger partial charge in [0.25, 0.3) is 5.91 Å². The van der Waals surface area contributed by atoms with Crippen LogP contribution in [-0.2, 0) is 17.6 Å². The quantitative estimate of drug-likeness (QED) is 0.516. The molecule has 1 fully saturated rings. The van der Waals surface area contributed by atoms with E-state index in [1.165, 1.54) is 28.7 Å². The maximum Gasteiger partial charge on any atom is 0.291 e. The van der Waals surface area contributed by atoms with Crippen molar-refractivity contribution < 1.29 is 23.4 Å². The Morgan fingerprint density at radius 2 is 1.88 bits per heavy atom. The van der Waals surface area contributed by atoms with Gasteiger partial charge >= 0.3 is 0 Å². The Labute approximate surface area is 203 Å². The standard InChI is InChI=1S/C26H30N2O5S/c1-30-19-10-9-17(16-21(19)31-2)24(28-11-14-32-15-12-28)23-18-6-3-4-8-22(18)34-26(23)27-25(29)20-7-5-13-33-20/h5,7,9-10,13,16,24H,3-4,6,8,11-12,14-15H2,1-2H3,(H,27,29)/t24-/m0/s1. The number of nitrogens with one attached hydrogen (secondary N) is 1. The molecular formula is C26H30N2O5S. The molecule has 1 aliphatic carbocycles. The summed E-state index contributed by atoms with van der Waals surface area (Å²) in [4.78, 5) is 16.8. The van der Waals surface area contributed by atoms with Gasteiger partial charge < -0.3 is 23.9 Å². The van der Waals surface area contributed by atoms with Crippen LogP contribution in [0.25, 0.3) is 0 Å². The van der Waals surface area contributed by atoms with Crippen molar-refractivity contribution in [1.82, 2.24) is 4.90 Å². The Morgan fingerprint density at radius 3 is 2.62 bits per heavy atom. The van der Waals surface area contributed by atoms with Crippen LogP contribution in [-0.4, -0.2) is 51.3 Å². The van der Waals surface area contributed by atoms with E-state index in [0.717, 1.165) is 42.9 Å². The number of rotatable bonds is 7. The maximum atomic E-state index is 13.0. The molecule has 3 aromatic rings. The third-order valence-electron chi connectivity index (χ3n) is 6.59. The second kappa shape index (κ2) is 10.2. The minimum absolute atomic E-state index is 0.0336. The third-order valence-corrected chi connectivity index (χ3v) is 7.81. The molecule has 1 saturated heterocycles. The molecule has 1 aromatic carbocycles. The van der Waals surface area contributed by atoms with E-state index in [0.29, 0.717) is 30.5 Å². The molecule has 1 N–H and O–H groups in total. The minimum atomic E-state index is -0.224. The molecule has 180 valence electrons. The van der Waals surface area contributed by atoms with Crippen molar-refractivity contribution >= 4 is 22.2 Å². The van der Waals surface area contributed by atoms with Crippen LogP contribution >= 0.6 is 11.3 Å². The number of morpholine rings is 1. The molecule has 1 aliphatic heterocycles. The minimum Gasteiger partial charge on any atom is -0.493 e. The lowest BCUT2D eigenvalue weighted by atomic mass is 9.88. The van der Waals surface area contributed by atoms with E-state index in [-0.39, 0.29) is 11.9 Å². The number of anilines is 1. The molecule has 3 heterocycles. The molecule has 0 radical (unpaired) electrons. The molecule has 7 nitrogen and oxygen atoms in total. The van der Waals surface area contributed by atoms with Crippen molar-refractivity contribution in [2.24, 2.45) is 0 Å². The average Bonchev–Trinajstić information content (AvgIpc) is 3.54. The summed E-state index contributed by atoms with van der Waals surface area (Å²) in [7, 11) is 3.31. The average molecular weight is 483 g/mol. The zero-order valence-corrected chi connectivity index (χ0v) is 20.4. The predicted octanol–water partition coefficient (Wildman–Crippen LogP) is 4.91. The summed E-state index contributed by atoms with van der Waals surface area (Å²) in [5, 5.41) is 4.08. The molecule has 1 amide bonds. The lowest BCUT2D eigenvalue weighted by Crippen LogP contribution is -2.40. The highest BCUT2D eigenvalue weighted by Gasteiger charge is 2.33. The fourth-order valence-corrected chi connectivity index (χ4v) is 6.28. The van der Waals surface area contributed by atoms with Crippen molar-refractivity contribution in [3.63, 3.8) is 0 Å². The first kappa shape index (κ1) is 23.0. The Balaban J connectivity index is 1.63. The number of hydrogen-bond acceptors (Lipinski definition) is 7. The summed E-state index contributed by atoms with van der Waals surface area (Å²) in [5.74, 6) is 1.48. The molecule has 2 aliphatic rings. The van der Waals surface area contributed by atoms with Crippen molar-refractivity contribution in [2.75, 3.05) is 45.8 Å². The van der Waals surface area contributed by atoms with E-state index >= 15 is 0 Å². The maximum absolute atomic E-state index is 13.0. The van der Waals surface area contributed by atoms with Crippen LogP contribution in [0.5, 0.6) is 11.5 Å².